The van der Waals surface area contributed by atoms with Crippen LogP contribution in [-0.2, 0) is 0 Å². The zero-order chi connectivity index (χ0) is 15.4. The largest absolute Gasteiger partial charge is 0.373 e. The summed E-state index contributed by atoms with van der Waals surface area (Å²) < 4.78 is 0. The van der Waals surface area contributed by atoms with Gasteiger partial charge < -0.3 is 10.6 Å². The summed E-state index contributed by atoms with van der Waals surface area (Å²) >= 11 is 0. The molecular weight excluding hydrogens is 256 g/mol. The Morgan fingerprint density at radius 1 is 0.905 bits per heavy atom. The van der Waals surface area contributed by atoms with Crippen molar-refractivity contribution in [1.82, 2.24) is 0 Å². The van der Waals surface area contributed by atoms with E-state index in [1.165, 1.54) is 22.4 Å². The van der Waals surface area contributed by atoms with Gasteiger partial charge in [-0.25, -0.2) is 0 Å². The first-order valence-corrected chi connectivity index (χ1v) is 7.60. The molecule has 0 amide bonds. The van der Waals surface area contributed by atoms with Gasteiger partial charge in [-0.2, -0.15) is 0 Å². The minimum absolute atomic E-state index is 0.0255. The second kappa shape index (κ2) is 6.77. The van der Waals surface area contributed by atoms with E-state index in [1.807, 2.05) is 0 Å². The highest BCUT2D eigenvalue weighted by molar-refractivity contribution is 5.47. The minimum atomic E-state index is 0.0255. The Balaban J connectivity index is 2.03. The van der Waals surface area contributed by atoms with Gasteiger partial charge >= 0.3 is 0 Å². The van der Waals surface area contributed by atoms with Gasteiger partial charge in [-0.05, 0) is 36.1 Å². The number of aryl methyl sites for hydroxylation is 1. The van der Waals surface area contributed by atoms with Crippen molar-refractivity contribution in [3.05, 3.63) is 65.2 Å². The molecule has 0 aliphatic carbocycles. The molecular formula is C19H26N2. The standard InChI is InChI=1S/C19H26N2/c1-14(2)16-7-9-17(10-8-16)19(20)13-21(4)18-11-5-15(3)6-12-18/h5-12,14,19H,13,20H2,1-4H3. The molecule has 0 heterocycles. The lowest BCUT2D eigenvalue weighted by atomic mass is 9.99. The van der Waals surface area contributed by atoms with Gasteiger partial charge in [0.2, 0.25) is 0 Å². The molecule has 1 atom stereocenters. The highest BCUT2D eigenvalue weighted by Crippen LogP contribution is 2.20. The number of hydrogen-bond acceptors (Lipinski definition) is 2. The Morgan fingerprint density at radius 2 is 1.43 bits per heavy atom. The van der Waals surface area contributed by atoms with Crippen molar-refractivity contribution in [3.63, 3.8) is 0 Å². The van der Waals surface area contributed by atoms with E-state index in [0.717, 1.165) is 6.54 Å². The lowest BCUT2D eigenvalue weighted by Crippen LogP contribution is -2.28. The number of nitrogens with zero attached hydrogens (tertiary/aromatic N) is 1. The summed E-state index contributed by atoms with van der Waals surface area (Å²) in [6.45, 7) is 7.33. The van der Waals surface area contributed by atoms with Crippen LogP contribution in [0.15, 0.2) is 48.5 Å². The van der Waals surface area contributed by atoms with Crippen molar-refractivity contribution in [2.45, 2.75) is 32.7 Å². The number of likely N-dealkylation sites (N-methyl/N-ethyl adjacent to an activating group) is 1. The molecule has 2 nitrogen and oxygen atoms in total. The maximum Gasteiger partial charge on any atom is 0.0473 e. The smallest absolute Gasteiger partial charge is 0.0473 e. The Kier molecular flexibility index (Phi) is 5.03. The Bertz CT molecular complexity index is 555. The van der Waals surface area contributed by atoms with Gasteiger partial charge in [0.05, 0.1) is 0 Å². The van der Waals surface area contributed by atoms with Gasteiger partial charge in [0.25, 0.3) is 0 Å². The van der Waals surface area contributed by atoms with Crippen molar-refractivity contribution in [2.24, 2.45) is 5.73 Å². The van der Waals surface area contributed by atoms with Gasteiger partial charge in [0.1, 0.15) is 0 Å². The third kappa shape index (κ3) is 4.08. The van der Waals surface area contributed by atoms with E-state index in [4.69, 9.17) is 5.73 Å². The van der Waals surface area contributed by atoms with Crippen molar-refractivity contribution < 1.29 is 0 Å². The summed E-state index contributed by atoms with van der Waals surface area (Å²) in [5.41, 5.74) is 11.4. The molecule has 0 aromatic heterocycles. The van der Waals surface area contributed by atoms with Crippen LogP contribution >= 0.6 is 0 Å². The number of rotatable bonds is 5. The quantitative estimate of drug-likeness (QED) is 0.888. The van der Waals surface area contributed by atoms with Crippen LogP contribution in [0.2, 0.25) is 0 Å². The minimum Gasteiger partial charge on any atom is -0.373 e. The normalized spacial score (nSPS) is 12.5. The fourth-order valence-corrected chi connectivity index (χ4v) is 2.43. The van der Waals surface area contributed by atoms with E-state index in [-0.39, 0.29) is 6.04 Å². The van der Waals surface area contributed by atoms with Crippen molar-refractivity contribution in [3.8, 4) is 0 Å². The maximum absolute atomic E-state index is 6.35. The molecule has 112 valence electrons. The van der Waals surface area contributed by atoms with Crippen molar-refractivity contribution in [2.75, 3.05) is 18.5 Å². The number of hydrogen-bond donors (Lipinski definition) is 1. The zero-order valence-electron chi connectivity index (χ0n) is 13.5. The zero-order valence-corrected chi connectivity index (χ0v) is 13.5. The van der Waals surface area contributed by atoms with E-state index in [1.54, 1.807) is 0 Å². The van der Waals surface area contributed by atoms with Crippen LogP contribution in [0.4, 0.5) is 5.69 Å². The first-order valence-electron chi connectivity index (χ1n) is 7.60. The SMILES string of the molecule is Cc1ccc(N(C)CC(N)c2ccc(C(C)C)cc2)cc1. The first-order chi connectivity index (χ1) is 9.97. The molecule has 0 saturated heterocycles. The Hall–Kier alpha value is -1.80. The molecule has 2 rings (SSSR count). The van der Waals surface area contributed by atoms with Gasteiger partial charge in [-0.1, -0.05) is 55.8 Å². The fraction of sp³-hybridized carbons (Fsp3) is 0.368. The molecule has 0 aliphatic heterocycles. The number of anilines is 1. The average molecular weight is 282 g/mol. The van der Waals surface area contributed by atoms with Gasteiger partial charge in [-0.15, -0.1) is 0 Å². The van der Waals surface area contributed by atoms with Crippen LogP contribution < -0.4 is 10.6 Å². The number of nitrogens with two attached hydrogens (primary N) is 1. The Morgan fingerprint density at radius 3 is 1.95 bits per heavy atom. The molecule has 0 spiro atoms. The van der Waals surface area contributed by atoms with Gasteiger partial charge in [-0.3, -0.25) is 0 Å². The third-order valence-electron chi connectivity index (χ3n) is 3.98. The summed E-state index contributed by atoms with van der Waals surface area (Å²) in [5.74, 6) is 0.561. The van der Waals surface area contributed by atoms with Crippen LogP contribution in [0, 0.1) is 6.92 Å². The summed E-state index contributed by atoms with van der Waals surface area (Å²) in [6, 6.07) is 17.3. The topological polar surface area (TPSA) is 29.3 Å². The lowest BCUT2D eigenvalue weighted by Gasteiger charge is -2.24. The molecule has 0 radical (unpaired) electrons. The lowest BCUT2D eigenvalue weighted by molar-refractivity contribution is 0.702. The maximum atomic E-state index is 6.35. The predicted molar refractivity (Wildman–Crippen MR) is 91.9 cm³/mol. The first kappa shape index (κ1) is 15.6. The molecule has 0 fully saturated rings. The molecule has 0 saturated carbocycles. The molecule has 0 aliphatic rings. The van der Waals surface area contributed by atoms with Crippen LogP contribution in [0.3, 0.4) is 0 Å². The predicted octanol–water partition coefficient (Wildman–Crippen LogP) is 4.25. The van der Waals surface area contributed by atoms with E-state index in [0.29, 0.717) is 5.92 Å². The molecule has 1 unspecified atom stereocenters. The second-order valence-corrected chi connectivity index (χ2v) is 6.14. The average Bonchev–Trinajstić information content (AvgIpc) is 2.47. The van der Waals surface area contributed by atoms with Crippen LogP contribution in [0.1, 0.15) is 42.5 Å². The fourth-order valence-electron chi connectivity index (χ4n) is 2.43. The van der Waals surface area contributed by atoms with E-state index in [2.05, 4.69) is 81.2 Å². The summed E-state index contributed by atoms with van der Waals surface area (Å²) in [7, 11) is 2.09. The van der Waals surface area contributed by atoms with Crippen LogP contribution in [0.25, 0.3) is 0 Å². The Labute approximate surface area is 128 Å². The monoisotopic (exact) mass is 282 g/mol. The summed E-state index contributed by atoms with van der Waals surface area (Å²) in [6.07, 6.45) is 0. The molecule has 2 heteroatoms. The molecule has 2 N–H and O–H groups in total. The van der Waals surface area contributed by atoms with E-state index in [9.17, 15) is 0 Å². The van der Waals surface area contributed by atoms with Crippen LogP contribution in [0.5, 0.6) is 0 Å². The molecule has 2 aromatic rings. The van der Waals surface area contributed by atoms with Crippen molar-refractivity contribution in [1.29, 1.82) is 0 Å². The van der Waals surface area contributed by atoms with Crippen LogP contribution in [-0.4, -0.2) is 13.6 Å². The van der Waals surface area contributed by atoms with E-state index >= 15 is 0 Å². The summed E-state index contributed by atoms with van der Waals surface area (Å²) in [4.78, 5) is 2.21. The van der Waals surface area contributed by atoms with Gasteiger partial charge in [0.15, 0.2) is 0 Å². The summed E-state index contributed by atoms with van der Waals surface area (Å²) in [5, 5.41) is 0. The highest BCUT2D eigenvalue weighted by Gasteiger charge is 2.10. The molecule has 21 heavy (non-hydrogen) atoms. The second-order valence-electron chi connectivity index (χ2n) is 6.14. The van der Waals surface area contributed by atoms with Gasteiger partial charge in [0, 0.05) is 25.3 Å². The number of benzene rings is 2. The van der Waals surface area contributed by atoms with Crippen molar-refractivity contribution >= 4 is 5.69 Å². The van der Waals surface area contributed by atoms with E-state index < -0.39 is 0 Å². The molecule has 0 bridgehead atoms. The molecule has 2 aromatic carbocycles. The third-order valence-corrected chi connectivity index (χ3v) is 3.98. The highest BCUT2D eigenvalue weighted by atomic mass is 15.1.